The summed E-state index contributed by atoms with van der Waals surface area (Å²) in [5.74, 6) is -0.565. The Hall–Kier alpha value is -1.91. The summed E-state index contributed by atoms with van der Waals surface area (Å²) in [5.41, 5.74) is 3.59. The summed E-state index contributed by atoms with van der Waals surface area (Å²) in [4.78, 5) is 13.0. The number of hydrogen-bond donors (Lipinski definition) is 0. The van der Waals surface area contributed by atoms with E-state index in [4.69, 9.17) is 14.2 Å². The lowest BCUT2D eigenvalue weighted by Gasteiger charge is -2.23. The lowest BCUT2D eigenvalue weighted by molar-refractivity contribution is -0.148. The minimum atomic E-state index is -0.595. The Morgan fingerprint density at radius 3 is 2.41 bits per heavy atom. The Morgan fingerprint density at radius 1 is 1.00 bits per heavy atom. The summed E-state index contributed by atoms with van der Waals surface area (Å²) in [6.07, 6.45) is 8.84. The minimum Gasteiger partial charge on any atom is -0.458 e. The number of fused-ring (bicyclic) bond motifs is 2. The molecule has 4 heteroatoms. The maximum absolute atomic E-state index is 13.0. The van der Waals surface area contributed by atoms with E-state index in [0.29, 0.717) is 5.56 Å². The number of benzene rings is 1. The first-order valence-electron chi connectivity index (χ1n) is 10.6. The molecule has 2 aliphatic rings. The standard InChI is InChI=1S/C25H34O4/c1-15-13-18(4)22-20(14-15)9-8-10-21-23(29-25(6,7)28-21)17(3)12-11-16(2)19(5)27-24(22)26/h8-9,11-14,16-17,19,21,23H,10H2,1-7H3/b9-8+,12-11-/t16?,17?,19?,21-,23?/m0/s1. The van der Waals surface area contributed by atoms with Crippen LogP contribution in [-0.2, 0) is 14.2 Å². The van der Waals surface area contributed by atoms with E-state index >= 15 is 0 Å². The highest BCUT2D eigenvalue weighted by Crippen LogP contribution is 2.35. The van der Waals surface area contributed by atoms with Gasteiger partial charge in [-0.15, -0.1) is 0 Å². The Labute approximate surface area is 174 Å². The normalized spacial score (nSPS) is 34.4. The number of cyclic esters (lactones) is 1. The van der Waals surface area contributed by atoms with Gasteiger partial charge in [-0.25, -0.2) is 4.79 Å². The zero-order valence-electron chi connectivity index (χ0n) is 18.7. The van der Waals surface area contributed by atoms with Crippen LogP contribution in [0.1, 0.15) is 68.1 Å². The molecule has 0 N–H and O–H groups in total. The Morgan fingerprint density at radius 2 is 1.69 bits per heavy atom. The van der Waals surface area contributed by atoms with Gasteiger partial charge in [0.05, 0.1) is 17.8 Å². The van der Waals surface area contributed by atoms with Crippen LogP contribution in [-0.4, -0.2) is 30.1 Å². The van der Waals surface area contributed by atoms with E-state index in [-0.39, 0.29) is 36.1 Å². The zero-order valence-corrected chi connectivity index (χ0v) is 18.7. The van der Waals surface area contributed by atoms with Gasteiger partial charge in [-0.3, -0.25) is 0 Å². The molecule has 1 aromatic carbocycles. The first-order chi connectivity index (χ1) is 13.6. The van der Waals surface area contributed by atoms with Gasteiger partial charge in [-0.2, -0.15) is 0 Å². The van der Waals surface area contributed by atoms with Crippen LogP contribution in [0, 0.1) is 25.7 Å². The van der Waals surface area contributed by atoms with Crippen LogP contribution < -0.4 is 0 Å². The number of hydrogen-bond acceptors (Lipinski definition) is 4. The predicted molar refractivity (Wildman–Crippen MR) is 116 cm³/mol. The van der Waals surface area contributed by atoms with Crippen LogP contribution in [0.2, 0.25) is 0 Å². The Balaban J connectivity index is 2.02. The highest BCUT2D eigenvalue weighted by Gasteiger charge is 2.42. The van der Waals surface area contributed by atoms with E-state index in [2.05, 4.69) is 32.1 Å². The van der Waals surface area contributed by atoms with Crippen LogP contribution in [0.5, 0.6) is 0 Å². The molecule has 4 unspecified atom stereocenters. The number of ether oxygens (including phenoxy) is 3. The first-order valence-corrected chi connectivity index (χ1v) is 10.6. The van der Waals surface area contributed by atoms with Gasteiger partial charge in [0, 0.05) is 11.8 Å². The summed E-state index contributed by atoms with van der Waals surface area (Å²) in [6.45, 7) is 14.1. The van der Waals surface area contributed by atoms with Gasteiger partial charge in [-0.1, -0.05) is 55.8 Å². The number of carbonyl (C=O) groups excluding carboxylic acids is 1. The fourth-order valence-corrected chi connectivity index (χ4v) is 4.18. The molecule has 1 fully saturated rings. The molecule has 0 aliphatic carbocycles. The van der Waals surface area contributed by atoms with Crippen molar-refractivity contribution in [2.45, 2.75) is 79.0 Å². The molecule has 0 bridgehead atoms. The van der Waals surface area contributed by atoms with Crippen molar-refractivity contribution in [3.63, 3.8) is 0 Å². The molecule has 4 nitrogen and oxygen atoms in total. The van der Waals surface area contributed by atoms with E-state index in [0.717, 1.165) is 23.1 Å². The van der Waals surface area contributed by atoms with Crippen LogP contribution in [0.3, 0.4) is 0 Å². The zero-order chi connectivity index (χ0) is 21.3. The summed E-state index contributed by atoms with van der Waals surface area (Å²) >= 11 is 0. The predicted octanol–water partition coefficient (Wildman–Crippen LogP) is 5.61. The van der Waals surface area contributed by atoms with Gasteiger partial charge in [-0.05, 0) is 52.2 Å². The molecule has 1 aromatic rings. The van der Waals surface area contributed by atoms with Crippen molar-refractivity contribution in [3.8, 4) is 0 Å². The topological polar surface area (TPSA) is 44.8 Å². The van der Waals surface area contributed by atoms with Gasteiger partial charge in [0.2, 0.25) is 0 Å². The maximum atomic E-state index is 13.0. The number of carbonyl (C=O) groups is 1. The fraction of sp³-hybridized carbons (Fsp3) is 0.560. The van der Waals surface area contributed by atoms with Crippen molar-refractivity contribution in [1.82, 2.24) is 0 Å². The Bertz CT molecular complexity index is 820. The van der Waals surface area contributed by atoms with E-state index in [9.17, 15) is 4.79 Å². The van der Waals surface area contributed by atoms with Gasteiger partial charge in [0.1, 0.15) is 6.10 Å². The molecule has 0 aromatic heterocycles. The molecule has 0 saturated carbocycles. The van der Waals surface area contributed by atoms with E-state index in [1.165, 1.54) is 0 Å². The molecular weight excluding hydrogens is 364 g/mol. The third kappa shape index (κ3) is 4.99. The molecule has 2 aliphatic heterocycles. The van der Waals surface area contributed by atoms with Gasteiger partial charge >= 0.3 is 5.97 Å². The molecule has 29 heavy (non-hydrogen) atoms. The molecule has 0 amide bonds. The molecule has 158 valence electrons. The molecule has 0 radical (unpaired) electrons. The summed E-state index contributed by atoms with van der Waals surface area (Å²) in [7, 11) is 0. The van der Waals surface area contributed by atoms with Crippen LogP contribution in [0.15, 0.2) is 30.4 Å². The average Bonchev–Trinajstić information content (AvgIpc) is 2.92. The molecular formula is C25H34O4. The van der Waals surface area contributed by atoms with Crippen molar-refractivity contribution < 1.29 is 19.0 Å². The SMILES string of the molecule is Cc1cc(C)c2c(c1)/C=C/C[C@@H]1OC(C)(C)OC1C(C)/C=C\C(C)C(C)OC2=O. The fourth-order valence-electron chi connectivity index (χ4n) is 4.18. The quantitative estimate of drug-likeness (QED) is 0.421. The van der Waals surface area contributed by atoms with Crippen molar-refractivity contribution in [3.05, 3.63) is 52.6 Å². The molecule has 5 atom stereocenters. The number of rotatable bonds is 0. The van der Waals surface area contributed by atoms with Crippen LogP contribution in [0.25, 0.3) is 6.08 Å². The molecule has 3 rings (SSSR count). The second kappa shape index (κ2) is 8.45. The molecule has 1 saturated heterocycles. The summed E-state index contributed by atoms with van der Waals surface area (Å²) in [5, 5.41) is 0. The van der Waals surface area contributed by atoms with Crippen LogP contribution in [0.4, 0.5) is 0 Å². The monoisotopic (exact) mass is 398 g/mol. The van der Waals surface area contributed by atoms with Gasteiger partial charge < -0.3 is 14.2 Å². The highest BCUT2D eigenvalue weighted by atomic mass is 16.8. The smallest absolute Gasteiger partial charge is 0.339 e. The van der Waals surface area contributed by atoms with Gasteiger partial charge in [0.15, 0.2) is 5.79 Å². The second-order valence-corrected chi connectivity index (χ2v) is 9.04. The summed E-state index contributed by atoms with van der Waals surface area (Å²) in [6, 6.07) is 4.06. The van der Waals surface area contributed by atoms with Crippen molar-refractivity contribution >= 4 is 12.0 Å². The van der Waals surface area contributed by atoms with Crippen molar-refractivity contribution in [2.75, 3.05) is 0 Å². The van der Waals surface area contributed by atoms with E-state index in [1.807, 2.05) is 52.8 Å². The lowest BCUT2D eigenvalue weighted by atomic mass is 9.93. The minimum absolute atomic E-state index is 0.0161. The van der Waals surface area contributed by atoms with Crippen LogP contribution >= 0.6 is 0 Å². The second-order valence-electron chi connectivity index (χ2n) is 9.04. The molecule has 0 spiro atoms. The maximum Gasteiger partial charge on any atom is 0.339 e. The molecule has 2 heterocycles. The van der Waals surface area contributed by atoms with E-state index < -0.39 is 5.79 Å². The highest BCUT2D eigenvalue weighted by molar-refractivity contribution is 5.95. The summed E-state index contributed by atoms with van der Waals surface area (Å²) < 4.78 is 18.2. The number of aryl methyl sites for hydroxylation is 2. The third-order valence-electron chi connectivity index (χ3n) is 5.87. The van der Waals surface area contributed by atoms with Crippen molar-refractivity contribution in [1.29, 1.82) is 0 Å². The average molecular weight is 399 g/mol. The Kier molecular flexibility index (Phi) is 6.35. The largest absolute Gasteiger partial charge is 0.458 e. The van der Waals surface area contributed by atoms with E-state index in [1.54, 1.807) is 0 Å². The number of esters is 1. The lowest BCUT2D eigenvalue weighted by Crippen LogP contribution is -2.29. The third-order valence-corrected chi connectivity index (χ3v) is 5.87. The first kappa shape index (κ1) is 21.8. The van der Waals surface area contributed by atoms with Crippen molar-refractivity contribution in [2.24, 2.45) is 11.8 Å². The van der Waals surface area contributed by atoms with Gasteiger partial charge in [0.25, 0.3) is 0 Å².